The standard InChI is InChI=1S/C11H11ClN2OS/c1-7(16-2)10-13-14-11(15-10)8-4-3-5-9(12)6-8/h3-7H,1-2H3. The molecule has 84 valence electrons. The van der Waals surface area contributed by atoms with Crippen molar-refractivity contribution in [2.45, 2.75) is 12.2 Å². The summed E-state index contributed by atoms with van der Waals surface area (Å²) in [6.45, 7) is 2.03. The number of halogens is 1. The molecular formula is C11H11ClN2OS. The van der Waals surface area contributed by atoms with Gasteiger partial charge in [0.25, 0.3) is 0 Å². The highest BCUT2D eigenvalue weighted by atomic mass is 35.5. The average molecular weight is 255 g/mol. The molecular weight excluding hydrogens is 244 g/mol. The van der Waals surface area contributed by atoms with E-state index in [-0.39, 0.29) is 5.25 Å². The number of thioether (sulfide) groups is 1. The molecule has 2 aromatic rings. The Balaban J connectivity index is 2.31. The lowest BCUT2D eigenvalue weighted by Gasteiger charge is -1.99. The molecule has 0 radical (unpaired) electrons. The van der Waals surface area contributed by atoms with Gasteiger partial charge in [-0.25, -0.2) is 0 Å². The van der Waals surface area contributed by atoms with Gasteiger partial charge in [-0.05, 0) is 31.4 Å². The summed E-state index contributed by atoms with van der Waals surface area (Å²) < 4.78 is 5.58. The number of benzene rings is 1. The molecule has 0 N–H and O–H groups in total. The summed E-state index contributed by atoms with van der Waals surface area (Å²) in [5.41, 5.74) is 0.847. The van der Waals surface area contributed by atoms with E-state index >= 15 is 0 Å². The third kappa shape index (κ3) is 2.39. The maximum Gasteiger partial charge on any atom is 0.247 e. The molecule has 0 saturated heterocycles. The minimum Gasteiger partial charge on any atom is -0.420 e. The highest BCUT2D eigenvalue weighted by molar-refractivity contribution is 7.98. The third-order valence-corrected chi connectivity index (χ3v) is 3.36. The predicted octanol–water partition coefficient (Wildman–Crippen LogP) is 3.81. The lowest BCUT2D eigenvalue weighted by atomic mass is 10.2. The smallest absolute Gasteiger partial charge is 0.247 e. The lowest BCUT2D eigenvalue weighted by Crippen LogP contribution is -1.86. The van der Waals surface area contributed by atoms with Crippen molar-refractivity contribution in [2.24, 2.45) is 0 Å². The van der Waals surface area contributed by atoms with E-state index in [1.165, 1.54) is 0 Å². The van der Waals surface area contributed by atoms with Gasteiger partial charge in [0.2, 0.25) is 11.8 Å². The number of hydrogen-bond acceptors (Lipinski definition) is 4. The molecule has 0 fully saturated rings. The molecule has 2 rings (SSSR count). The van der Waals surface area contributed by atoms with E-state index in [1.54, 1.807) is 11.8 Å². The number of aromatic nitrogens is 2. The van der Waals surface area contributed by atoms with Gasteiger partial charge in [-0.3, -0.25) is 0 Å². The minimum absolute atomic E-state index is 0.209. The zero-order valence-corrected chi connectivity index (χ0v) is 10.5. The quantitative estimate of drug-likeness (QED) is 0.835. The van der Waals surface area contributed by atoms with Crippen LogP contribution in [0.5, 0.6) is 0 Å². The Hall–Kier alpha value is -1.00. The van der Waals surface area contributed by atoms with Crippen molar-refractivity contribution in [2.75, 3.05) is 6.26 Å². The second-order valence-corrected chi connectivity index (χ2v) is 4.95. The van der Waals surface area contributed by atoms with Gasteiger partial charge in [0, 0.05) is 10.6 Å². The summed E-state index contributed by atoms with van der Waals surface area (Å²) in [5.74, 6) is 1.15. The van der Waals surface area contributed by atoms with E-state index in [9.17, 15) is 0 Å². The van der Waals surface area contributed by atoms with Gasteiger partial charge in [0.1, 0.15) is 0 Å². The summed E-state index contributed by atoms with van der Waals surface area (Å²) in [6.07, 6.45) is 2.01. The van der Waals surface area contributed by atoms with Crippen LogP contribution in [0.1, 0.15) is 18.1 Å². The SMILES string of the molecule is CSC(C)c1nnc(-c2cccc(Cl)c2)o1. The second-order valence-electron chi connectivity index (χ2n) is 3.33. The zero-order chi connectivity index (χ0) is 11.5. The first-order valence-corrected chi connectivity index (χ1v) is 6.49. The molecule has 0 aliphatic rings. The molecule has 1 aromatic carbocycles. The van der Waals surface area contributed by atoms with Crippen molar-refractivity contribution in [1.82, 2.24) is 10.2 Å². The lowest BCUT2D eigenvalue weighted by molar-refractivity contribution is 0.509. The van der Waals surface area contributed by atoms with Crippen molar-refractivity contribution in [3.05, 3.63) is 35.2 Å². The normalized spacial score (nSPS) is 12.7. The van der Waals surface area contributed by atoms with E-state index in [0.717, 1.165) is 5.56 Å². The Bertz CT molecular complexity index is 486. The molecule has 0 aliphatic heterocycles. The monoisotopic (exact) mass is 254 g/mol. The van der Waals surface area contributed by atoms with E-state index in [4.69, 9.17) is 16.0 Å². The second kappa shape index (κ2) is 4.89. The summed E-state index contributed by atoms with van der Waals surface area (Å²) in [5, 5.41) is 8.89. The summed E-state index contributed by atoms with van der Waals surface area (Å²) in [4.78, 5) is 0. The molecule has 16 heavy (non-hydrogen) atoms. The summed E-state index contributed by atoms with van der Waals surface area (Å²) in [7, 11) is 0. The fraction of sp³-hybridized carbons (Fsp3) is 0.273. The van der Waals surface area contributed by atoms with Crippen molar-refractivity contribution < 1.29 is 4.42 Å². The molecule has 1 aromatic heterocycles. The molecule has 5 heteroatoms. The Kier molecular flexibility index (Phi) is 3.51. The van der Waals surface area contributed by atoms with Gasteiger partial charge >= 0.3 is 0 Å². The topological polar surface area (TPSA) is 38.9 Å². The molecule has 1 unspecified atom stereocenters. The van der Waals surface area contributed by atoms with Gasteiger partial charge in [0.05, 0.1) is 5.25 Å². The third-order valence-electron chi connectivity index (χ3n) is 2.21. The minimum atomic E-state index is 0.209. The van der Waals surface area contributed by atoms with Gasteiger partial charge in [-0.1, -0.05) is 17.7 Å². The molecule has 1 heterocycles. The largest absolute Gasteiger partial charge is 0.420 e. The fourth-order valence-electron chi connectivity index (χ4n) is 1.24. The Morgan fingerprint density at radius 3 is 2.88 bits per heavy atom. The van der Waals surface area contributed by atoms with E-state index in [0.29, 0.717) is 16.8 Å². The van der Waals surface area contributed by atoms with Crippen LogP contribution >= 0.6 is 23.4 Å². The number of rotatable bonds is 3. The van der Waals surface area contributed by atoms with E-state index < -0.39 is 0 Å². The number of nitrogens with zero attached hydrogens (tertiary/aromatic N) is 2. The van der Waals surface area contributed by atoms with Gasteiger partial charge in [-0.15, -0.1) is 10.2 Å². The first-order chi connectivity index (χ1) is 7.70. The summed E-state index contributed by atoms with van der Waals surface area (Å²) in [6, 6.07) is 7.38. The van der Waals surface area contributed by atoms with Crippen LogP contribution in [0.15, 0.2) is 28.7 Å². The van der Waals surface area contributed by atoms with Crippen molar-refractivity contribution >= 4 is 23.4 Å². The van der Waals surface area contributed by atoms with Gasteiger partial charge < -0.3 is 4.42 Å². The molecule has 1 atom stereocenters. The van der Waals surface area contributed by atoms with Gasteiger partial charge in [0.15, 0.2) is 0 Å². The van der Waals surface area contributed by atoms with Crippen molar-refractivity contribution in [3.8, 4) is 11.5 Å². The van der Waals surface area contributed by atoms with E-state index in [1.807, 2.05) is 37.4 Å². The van der Waals surface area contributed by atoms with Crippen LogP contribution < -0.4 is 0 Å². The van der Waals surface area contributed by atoms with E-state index in [2.05, 4.69) is 10.2 Å². The molecule has 0 amide bonds. The average Bonchev–Trinajstić information content (AvgIpc) is 2.77. The van der Waals surface area contributed by atoms with Crippen LogP contribution in [0, 0.1) is 0 Å². The van der Waals surface area contributed by atoms with Crippen LogP contribution in [0.3, 0.4) is 0 Å². The van der Waals surface area contributed by atoms with Crippen molar-refractivity contribution in [1.29, 1.82) is 0 Å². The Labute approximate surface area is 103 Å². The van der Waals surface area contributed by atoms with Crippen LogP contribution in [0.25, 0.3) is 11.5 Å². The molecule has 0 saturated carbocycles. The van der Waals surface area contributed by atoms with Crippen LogP contribution in [0.2, 0.25) is 5.02 Å². The molecule has 0 bridgehead atoms. The highest BCUT2D eigenvalue weighted by Gasteiger charge is 2.13. The predicted molar refractivity (Wildman–Crippen MR) is 66.7 cm³/mol. The fourth-order valence-corrected chi connectivity index (χ4v) is 1.73. The maximum atomic E-state index is 5.90. The Morgan fingerprint density at radius 1 is 1.38 bits per heavy atom. The molecule has 3 nitrogen and oxygen atoms in total. The first kappa shape index (κ1) is 11.5. The Morgan fingerprint density at radius 2 is 2.19 bits per heavy atom. The van der Waals surface area contributed by atoms with Crippen molar-refractivity contribution in [3.63, 3.8) is 0 Å². The zero-order valence-electron chi connectivity index (χ0n) is 8.98. The molecule has 0 spiro atoms. The van der Waals surface area contributed by atoms with Crippen LogP contribution in [0.4, 0.5) is 0 Å². The summed E-state index contributed by atoms with van der Waals surface area (Å²) >= 11 is 7.56. The van der Waals surface area contributed by atoms with Crippen LogP contribution in [-0.4, -0.2) is 16.5 Å². The first-order valence-electron chi connectivity index (χ1n) is 4.83. The number of hydrogen-bond donors (Lipinski definition) is 0. The maximum absolute atomic E-state index is 5.90. The highest BCUT2D eigenvalue weighted by Crippen LogP contribution is 2.28. The van der Waals surface area contributed by atoms with Crippen LogP contribution in [-0.2, 0) is 0 Å². The van der Waals surface area contributed by atoms with Gasteiger partial charge in [-0.2, -0.15) is 11.8 Å². The molecule has 0 aliphatic carbocycles.